The molecule has 74 valence electrons. The van der Waals surface area contributed by atoms with Crippen molar-refractivity contribution in [1.82, 2.24) is 10.6 Å². The second kappa shape index (κ2) is 3.66. The third-order valence-electron chi connectivity index (χ3n) is 3.10. The van der Waals surface area contributed by atoms with Gasteiger partial charge < -0.3 is 10.6 Å². The lowest BCUT2D eigenvalue weighted by Gasteiger charge is -2.37. The van der Waals surface area contributed by atoms with Crippen LogP contribution < -0.4 is 10.6 Å². The quantitative estimate of drug-likeness (QED) is 0.658. The van der Waals surface area contributed by atoms with Gasteiger partial charge in [-0.2, -0.15) is 0 Å². The molecule has 1 aliphatic carbocycles. The number of piperidine rings is 1. The molecule has 0 spiro atoms. The van der Waals surface area contributed by atoms with E-state index in [1.54, 1.807) is 0 Å². The van der Waals surface area contributed by atoms with E-state index in [2.05, 4.69) is 17.6 Å². The van der Waals surface area contributed by atoms with E-state index in [1.807, 2.05) is 0 Å². The van der Waals surface area contributed by atoms with Gasteiger partial charge in [0.1, 0.15) is 0 Å². The average Bonchev–Trinajstić information content (AvgIpc) is 2.06. The minimum absolute atomic E-state index is 0.0891. The van der Waals surface area contributed by atoms with E-state index >= 15 is 0 Å². The Hall–Kier alpha value is -0.570. The van der Waals surface area contributed by atoms with Crippen molar-refractivity contribution in [2.45, 2.75) is 44.7 Å². The predicted octanol–water partition coefficient (Wildman–Crippen LogP) is 0.653. The molecule has 0 aromatic rings. The van der Waals surface area contributed by atoms with Crippen LogP contribution in [0, 0.1) is 5.92 Å². The summed E-state index contributed by atoms with van der Waals surface area (Å²) in [6.07, 6.45) is 4.61. The summed E-state index contributed by atoms with van der Waals surface area (Å²) < 4.78 is 0. The maximum atomic E-state index is 11.4. The number of rotatable bonds is 2. The van der Waals surface area contributed by atoms with E-state index in [-0.39, 0.29) is 11.9 Å². The van der Waals surface area contributed by atoms with Gasteiger partial charge in [-0.1, -0.05) is 6.92 Å². The van der Waals surface area contributed by atoms with Gasteiger partial charge in [0, 0.05) is 12.6 Å². The molecule has 2 aliphatic rings. The summed E-state index contributed by atoms with van der Waals surface area (Å²) in [6.45, 7) is 3.12. The van der Waals surface area contributed by atoms with Gasteiger partial charge in [-0.15, -0.1) is 0 Å². The zero-order valence-electron chi connectivity index (χ0n) is 8.18. The summed E-state index contributed by atoms with van der Waals surface area (Å²) in [6, 6.07) is 0.690. The van der Waals surface area contributed by atoms with Gasteiger partial charge in [0.15, 0.2) is 0 Å². The number of carbonyl (C=O) groups is 1. The van der Waals surface area contributed by atoms with Crippen LogP contribution in [0.5, 0.6) is 0 Å². The van der Waals surface area contributed by atoms with Crippen LogP contribution in [-0.4, -0.2) is 24.5 Å². The molecular weight excluding hydrogens is 164 g/mol. The topological polar surface area (TPSA) is 41.1 Å². The second-order valence-corrected chi connectivity index (χ2v) is 4.43. The highest BCUT2D eigenvalue weighted by molar-refractivity contribution is 5.82. The maximum absolute atomic E-state index is 11.4. The lowest BCUT2D eigenvalue weighted by Crippen LogP contribution is -2.54. The normalized spacial score (nSPS) is 39.5. The molecule has 1 unspecified atom stereocenters. The molecule has 2 N–H and O–H groups in total. The number of nitrogens with one attached hydrogen (secondary N) is 2. The molecule has 0 aromatic carbocycles. The molecule has 1 heterocycles. The lowest BCUT2D eigenvalue weighted by atomic mass is 9.81. The summed E-state index contributed by atoms with van der Waals surface area (Å²) >= 11 is 0. The zero-order valence-corrected chi connectivity index (χ0v) is 8.18. The van der Waals surface area contributed by atoms with E-state index in [9.17, 15) is 4.79 Å². The van der Waals surface area contributed by atoms with E-state index in [0.29, 0.717) is 6.04 Å². The summed E-state index contributed by atoms with van der Waals surface area (Å²) in [7, 11) is 0. The highest BCUT2D eigenvalue weighted by Crippen LogP contribution is 2.27. The molecule has 1 amide bonds. The number of amides is 1. The van der Waals surface area contributed by atoms with Crippen molar-refractivity contribution in [2.24, 2.45) is 5.92 Å². The molecular formula is C10H18N2O. The summed E-state index contributed by atoms with van der Waals surface area (Å²) in [5.41, 5.74) is 0. The number of hydrogen-bond donors (Lipinski definition) is 2. The first-order valence-corrected chi connectivity index (χ1v) is 5.29. The van der Waals surface area contributed by atoms with Crippen molar-refractivity contribution >= 4 is 5.91 Å². The first-order chi connectivity index (χ1) is 6.25. The van der Waals surface area contributed by atoms with Crippen molar-refractivity contribution in [2.75, 3.05) is 6.54 Å². The van der Waals surface area contributed by atoms with Crippen molar-refractivity contribution in [3.05, 3.63) is 0 Å². The van der Waals surface area contributed by atoms with Crippen LogP contribution in [-0.2, 0) is 4.79 Å². The van der Waals surface area contributed by atoms with Gasteiger partial charge in [-0.05, 0) is 31.6 Å². The highest BCUT2D eigenvalue weighted by atomic mass is 16.2. The molecule has 2 rings (SSSR count). The Labute approximate surface area is 79.3 Å². The fourth-order valence-corrected chi connectivity index (χ4v) is 2.25. The Morgan fingerprint density at radius 1 is 1.46 bits per heavy atom. The number of carbonyl (C=O) groups excluding carboxylic acids is 1. The van der Waals surface area contributed by atoms with Gasteiger partial charge in [-0.3, -0.25) is 4.79 Å². The van der Waals surface area contributed by atoms with E-state index in [4.69, 9.17) is 0 Å². The first kappa shape index (κ1) is 9.00. The Morgan fingerprint density at radius 2 is 2.23 bits per heavy atom. The minimum Gasteiger partial charge on any atom is -0.355 e. The summed E-state index contributed by atoms with van der Waals surface area (Å²) in [5.74, 6) is 1.05. The van der Waals surface area contributed by atoms with E-state index < -0.39 is 0 Å². The summed E-state index contributed by atoms with van der Waals surface area (Å²) in [5, 5.41) is 6.32. The van der Waals surface area contributed by atoms with Gasteiger partial charge in [-0.25, -0.2) is 0 Å². The van der Waals surface area contributed by atoms with Crippen molar-refractivity contribution < 1.29 is 4.79 Å². The van der Waals surface area contributed by atoms with Crippen molar-refractivity contribution in [3.63, 3.8) is 0 Å². The van der Waals surface area contributed by atoms with Gasteiger partial charge in [0.05, 0.1) is 6.04 Å². The van der Waals surface area contributed by atoms with Crippen LogP contribution >= 0.6 is 0 Å². The molecule has 13 heavy (non-hydrogen) atoms. The van der Waals surface area contributed by atoms with Gasteiger partial charge in [0.25, 0.3) is 0 Å². The smallest absolute Gasteiger partial charge is 0.237 e. The maximum Gasteiger partial charge on any atom is 0.237 e. The largest absolute Gasteiger partial charge is 0.355 e. The van der Waals surface area contributed by atoms with Crippen molar-refractivity contribution in [3.8, 4) is 0 Å². The standard InChI is InChI=1S/C10H18N2O/c1-7-5-8(6-7)12-9-3-2-4-11-10(9)13/h7-9,12H,2-6H2,1H3,(H,11,13). The average molecular weight is 182 g/mol. The molecule has 2 fully saturated rings. The van der Waals surface area contributed by atoms with Gasteiger partial charge >= 0.3 is 0 Å². The van der Waals surface area contributed by atoms with E-state index in [0.717, 1.165) is 25.3 Å². The van der Waals surface area contributed by atoms with Crippen LogP contribution in [0.3, 0.4) is 0 Å². The Bertz CT molecular complexity index is 199. The minimum atomic E-state index is 0.0891. The molecule has 1 saturated carbocycles. The molecule has 1 saturated heterocycles. The van der Waals surface area contributed by atoms with Crippen LogP contribution in [0.4, 0.5) is 0 Å². The SMILES string of the molecule is CC1CC(NC2CCCNC2=O)C1. The predicted molar refractivity (Wildman–Crippen MR) is 51.4 cm³/mol. The zero-order chi connectivity index (χ0) is 9.26. The molecule has 0 bridgehead atoms. The van der Waals surface area contributed by atoms with Gasteiger partial charge in [0.2, 0.25) is 5.91 Å². The lowest BCUT2D eigenvalue weighted by molar-refractivity contribution is -0.125. The first-order valence-electron chi connectivity index (χ1n) is 5.29. The van der Waals surface area contributed by atoms with Crippen LogP contribution in [0.25, 0.3) is 0 Å². The van der Waals surface area contributed by atoms with E-state index in [1.165, 1.54) is 12.8 Å². The third kappa shape index (κ3) is 2.02. The van der Waals surface area contributed by atoms with Crippen LogP contribution in [0.2, 0.25) is 0 Å². The van der Waals surface area contributed by atoms with Crippen molar-refractivity contribution in [1.29, 1.82) is 0 Å². The molecule has 1 atom stereocenters. The fourth-order valence-electron chi connectivity index (χ4n) is 2.25. The molecule has 3 heteroatoms. The molecule has 1 aliphatic heterocycles. The molecule has 3 nitrogen and oxygen atoms in total. The monoisotopic (exact) mass is 182 g/mol. The Morgan fingerprint density at radius 3 is 2.85 bits per heavy atom. The molecule has 0 aromatic heterocycles. The summed E-state index contributed by atoms with van der Waals surface area (Å²) in [4.78, 5) is 11.4. The van der Waals surface area contributed by atoms with Crippen LogP contribution in [0.1, 0.15) is 32.6 Å². The molecule has 0 radical (unpaired) electrons. The fraction of sp³-hybridized carbons (Fsp3) is 0.900. The second-order valence-electron chi connectivity index (χ2n) is 4.43. The Kier molecular flexibility index (Phi) is 2.54. The highest BCUT2D eigenvalue weighted by Gasteiger charge is 2.30. The number of hydrogen-bond acceptors (Lipinski definition) is 2. The Balaban J connectivity index is 1.76. The third-order valence-corrected chi connectivity index (χ3v) is 3.10. The van der Waals surface area contributed by atoms with Crippen LogP contribution in [0.15, 0.2) is 0 Å².